The van der Waals surface area contributed by atoms with Gasteiger partial charge in [0.25, 0.3) is 0 Å². The Bertz CT molecular complexity index is 761. The van der Waals surface area contributed by atoms with Crippen molar-refractivity contribution in [2.75, 3.05) is 14.2 Å². The summed E-state index contributed by atoms with van der Waals surface area (Å²) in [6.45, 7) is 0. The maximum atomic E-state index is 9.14. The molecule has 0 aliphatic rings. The summed E-state index contributed by atoms with van der Waals surface area (Å²) in [6, 6.07) is 34.1. The fraction of sp³-hybridized carbons (Fsp3) is 0.0833. The van der Waals surface area contributed by atoms with Gasteiger partial charge in [-0.05, 0) is 24.3 Å². The molecule has 162 valence electrons. The van der Waals surface area contributed by atoms with Gasteiger partial charge >= 0.3 is 26.2 Å². The van der Waals surface area contributed by atoms with Crippen LogP contribution in [0.2, 0.25) is 0 Å². The Hall–Kier alpha value is -1.76. The zero-order chi connectivity index (χ0) is 21.9. The largest absolute Gasteiger partial charge is 2.00 e. The molecular weight excluding hydrogens is 508 g/mol. The fourth-order valence-electron chi connectivity index (χ4n) is 1.88. The molecular formula is C24H26O4S2Zr. The van der Waals surface area contributed by atoms with Gasteiger partial charge in [0.1, 0.15) is 11.5 Å². The first-order chi connectivity index (χ1) is 14.7. The van der Waals surface area contributed by atoms with E-state index in [-0.39, 0.29) is 37.7 Å². The number of aromatic hydroxyl groups is 2. The maximum Gasteiger partial charge on any atom is 2.00 e. The van der Waals surface area contributed by atoms with Crippen LogP contribution in [0.4, 0.5) is 0 Å². The van der Waals surface area contributed by atoms with Gasteiger partial charge in [0, 0.05) is 24.1 Å². The molecule has 0 aliphatic carbocycles. The quantitative estimate of drug-likeness (QED) is 0.220. The Morgan fingerprint density at radius 1 is 0.581 bits per heavy atom. The molecule has 0 saturated heterocycles. The van der Waals surface area contributed by atoms with Gasteiger partial charge in [-0.25, -0.2) is 24.3 Å². The van der Waals surface area contributed by atoms with Crippen LogP contribution in [0.5, 0.6) is 11.5 Å². The van der Waals surface area contributed by atoms with Crippen LogP contribution in [0.3, 0.4) is 0 Å². The molecule has 0 radical (unpaired) electrons. The molecule has 4 aromatic carbocycles. The van der Waals surface area contributed by atoms with Crippen LogP contribution in [0.1, 0.15) is 0 Å². The maximum absolute atomic E-state index is 9.14. The minimum absolute atomic E-state index is 0. The van der Waals surface area contributed by atoms with E-state index in [2.05, 4.69) is 0 Å². The normalized spacial score (nSPS) is 8.84. The molecule has 0 spiro atoms. The molecule has 0 heterocycles. The second-order valence-electron chi connectivity index (χ2n) is 5.36. The molecule has 2 N–H and O–H groups in total. The van der Waals surface area contributed by atoms with Crippen LogP contribution >= 0.6 is 24.1 Å². The van der Waals surface area contributed by atoms with Gasteiger partial charge in [-0.1, -0.05) is 24.3 Å². The fourth-order valence-corrected chi connectivity index (χ4v) is 2.81. The van der Waals surface area contributed by atoms with Crippen LogP contribution < -0.4 is 0 Å². The van der Waals surface area contributed by atoms with E-state index in [9.17, 15) is 0 Å². The number of hydrogen-bond acceptors (Lipinski definition) is 6. The van der Waals surface area contributed by atoms with Crippen molar-refractivity contribution in [2.45, 2.75) is 9.79 Å². The summed E-state index contributed by atoms with van der Waals surface area (Å²) in [5.74, 6) is 0.517. The Kier molecular flexibility index (Phi) is 19.0. The molecule has 0 aliphatic heterocycles. The Morgan fingerprint density at radius 3 is 1.13 bits per heavy atom. The van der Waals surface area contributed by atoms with E-state index in [1.54, 1.807) is 50.6 Å². The number of phenolic OH excluding ortho intramolecular Hbond substituents is 2. The molecule has 0 bridgehead atoms. The van der Waals surface area contributed by atoms with Gasteiger partial charge in [-0.3, -0.25) is 0 Å². The minimum Gasteiger partial charge on any atom is -0.507 e. The summed E-state index contributed by atoms with van der Waals surface area (Å²) in [7, 11) is 3.13. The van der Waals surface area contributed by atoms with E-state index in [4.69, 9.17) is 18.6 Å². The van der Waals surface area contributed by atoms with Gasteiger partial charge in [0.15, 0.2) is 0 Å². The third-order valence-corrected chi connectivity index (χ3v) is 4.57. The average Bonchev–Trinajstić information content (AvgIpc) is 3.52. The number of rotatable bonds is 4. The minimum atomic E-state index is 0. The molecule has 7 heteroatoms. The molecule has 0 aromatic heterocycles. The summed E-state index contributed by atoms with van der Waals surface area (Å²) in [5.41, 5.74) is 0. The summed E-state index contributed by atoms with van der Waals surface area (Å²) in [4.78, 5) is 1.48. The summed E-state index contributed by atoms with van der Waals surface area (Å²) >= 11 is 2.30. The van der Waals surface area contributed by atoms with Crippen LogP contribution in [0.25, 0.3) is 0 Å². The Balaban J connectivity index is 0.000000401. The molecule has 31 heavy (non-hydrogen) atoms. The van der Waals surface area contributed by atoms with Gasteiger partial charge in [-0.15, -0.1) is 0 Å². The second kappa shape index (κ2) is 20.2. The van der Waals surface area contributed by atoms with Crippen molar-refractivity contribution in [2.24, 2.45) is 0 Å². The van der Waals surface area contributed by atoms with Crippen molar-refractivity contribution < 1.29 is 44.8 Å². The average molecular weight is 534 g/mol. The predicted octanol–water partition coefficient (Wildman–Crippen LogP) is 6.90. The van der Waals surface area contributed by atoms with E-state index in [1.807, 2.05) is 72.8 Å². The molecule has 4 nitrogen and oxygen atoms in total. The second-order valence-corrected chi connectivity index (χ2v) is 7.24. The van der Waals surface area contributed by atoms with Crippen LogP contribution in [0, 0.1) is 0 Å². The topological polar surface area (TPSA) is 58.9 Å². The Labute approximate surface area is 212 Å². The predicted molar refractivity (Wildman–Crippen MR) is 126 cm³/mol. The monoisotopic (exact) mass is 532 g/mol. The standard InChI is InChI=1S/2C7H8O2S.2C5H5.Zr/c2*1-9-10-7-5-3-2-4-6(7)8;2*1-2-4-5-3-1;/h2*2-5,8H,1H3;2*1-5H;/q;;2*-1;+2. The number of phenols is 2. The van der Waals surface area contributed by atoms with E-state index >= 15 is 0 Å². The summed E-state index contributed by atoms with van der Waals surface area (Å²) in [6.07, 6.45) is 0. The first-order valence-corrected chi connectivity index (χ1v) is 10.5. The van der Waals surface area contributed by atoms with Gasteiger partial charge in [0.2, 0.25) is 0 Å². The molecule has 0 saturated carbocycles. The third-order valence-electron chi connectivity index (χ3n) is 3.19. The first-order valence-electron chi connectivity index (χ1n) is 8.99. The van der Waals surface area contributed by atoms with Crippen molar-refractivity contribution in [3.05, 3.63) is 109 Å². The smallest absolute Gasteiger partial charge is 0.507 e. The summed E-state index contributed by atoms with van der Waals surface area (Å²) in [5, 5.41) is 18.3. The molecule has 4 aromatic rings. The van der Waals surface area contributed by atoms with E-state index in [0.29, 0.717) is 0 Å². The summed E-state index contributed by atoms with van der Waals surface area (Å²) < 4.78 is 9.53. The third kappa shape index (κ3) is 14.8. The zero-order valence-corrected chi connectivity index (χ0v) is 21.5. The van der Waals surface area contributed by atoms with E-state index in [0.717, 1.165) is 33.9 Å². The van der Waals surface area contributed by atoms with Gasteiger partial charge in [0.05, 0.1) is 24.0 Å². The van der Waals surface area contributed by atoms with E-state index in [1.165, 1.54) is 0 Å². The number of hydrogen-bond donors (Lipinski definition) is 2. The van der Waals surface area contributed by atoms with Crippen LogP contribution in [-0.4, -0.2) is 24.4 Å². The van der Waals surface area contributed by atoms with Gasteiger partial charge < -0.3 is 18.6 Å². The number of para-hydroxylation sites is 2. The molecule has 0 amide bonds. The van der Waals surface area contributed by atoms with Crippen molar-refractivity contribution in [3.8, 4) is 11.5 Å². The van der Waals surface area contributed by atoms with Crippen molar-refractivity contribution in [1.82, 2.24) is 0 Å². The van der Waals surface area contributed by atoms with Crippen molar-refractivity contribution >= 4 is 24.1 Å². The van der Waals surface area contributed by atoms with Crippen LogP contribution in [0.15, 0.2) is 119 Å². The SMILES string of the molecule is COSc1ccccc1O.COSc1ccccc1O.[Zr+2].c1cc[cH-]c1.c1cc[cH-]c1. The molecule has 0 atom stereocenters. The van der Waals surface area contributed by atoms with Crippen molar-refractivity contribution in [3.63, 3.8) is 0 Å². The Morgan fingerprint density at radius 2 is 0.903 bits per heavy atom. The number of benzene rings is 2. The van der Waals surface area contributed by atoms with Crippen LogP contribution in [-0.2, 0) is 34.6 Å². The molecule has 4 rings (SSSR count). The van der Waals surface area contributed by atoms with Gasteiger partial charge in [-0.2, -0.15) is 36.4 Å². The first kappa shape index (κ1) is 29.2. The molecule has 0 unspecified atom stereocenters. The van der Waals surface area contributed by atoms with Crippen molar-refractivity contribution in [1.29, 1.82) is 0 Å². The molecule has 0 fully saturated rings. The van der Waals surface area contributed by atoms with E-state index < -0.39 is 0 Å². The zero-order valence-electron chi connectivity index (χ0n) is 17.4.